The molecule has 0 radical (unpaired) electrons. The molecular formula is C18H12ClN3O4S. The Hall–Kier alpha value is -2.97. The maximum atomic E-state index is 12.4. The van der Waals surface area contributed by atoms with Gasteiger partial charge in [-0.25, -0.2) is 4.98 Å². The molecule has 0 spiro atoms. The molecule has 9 heteroatoms. The Balaban J connectivity index is 1.55. The van der Waals surface area contributed by atoms with Crippen molar-refractivity contribution in [2.75, 3.05) is 11.9 Å². The fourth-order valence-corrected chi connectivity index (χ4v) is 3.69. The Bertz CT molecular complexity index is 1070. The minimum atomic E-state index is -0.577. The molecule has 0 unspecified atom stereocenters. The number of ether oxygens (including phenoxy) is 1. The van der Waals surface area contributed by atoms with Gasteiger partial charge in [-0.3, -0.25) is 20.2 Å². The molecule has 0 atom stereocenters. The number of thiazole rings is 1. The van der Waals surface area contributed by atoms with Crippen molar-refractivity contribution in [1.29, 1.82) is 0 Å². The third-order valence-corrected chi connectivity index (χ3v) is 5.20. The van der Waals surface area contributed by atoms with Gasteiger partial charge in [-0.05, 0) is 29.8 Å². The number of nitro benzene ring substituents is 1. The fourth-order valence-electron chi connectivity index (χ4n) is 2.77. The van der Waals surface area contributed by atoms with E-state index >= 15 is 0 Å². The lowest BCUT2D eigenvalue weighted by molar-refractivity contribution is -0.384. The summed E-state index contributed by atoms with van der Waals surface area (Å²) in [5, 5.41) is 15.9. The lowest BCUT2D eigenvalue weighted by atomic mass is 10.1. The van der Waals surface area contributed by atoms with Crippen LogP contribution in [-0.4, -0.2) is 22.4 Å². The molecule has 0 saturated carbocycles. The minimum Gasteiger partial charge on any atom is -0.493 e. The number of non-ortho nitro benzene ring substituents is 1. The highest BCUT2D eigenvalue weighted by atomic mass is 35.5. The van der Waals surface area contributed by atoms with E-state index in [-0.39, 0.29) is 16.3 Å². The predicted molar refractivity (Wildman–Crippen MR) is 103 cm³/mol. The summed E-state index contributed by atoms with van der Waals surface area (Å²) in [4.78, 5) is 27.2. The summed E-state index contributed by atoms with van der Waals surface area (Å²) in [5.41, 5.74) is 2.62. The van der Waals surface area contributed by atoms with Gasteiger partial charge in [0.05, 0.1) is 27.8 Å². The lowest BCUT2D eigenvalue weighted by Crippen LogP contribution is -2.12. The molecule has 1 aliphatic heterocycles. The molecule has 136 valence electrons. The number of nitrogens with zero attached hydrogens (tertiary/aromatic N) is 2. The quantitative estimate of drug-likeness (QED) is 0.510. The minimum absolute atomic E-state index is 0.0253. The average molecular weight is 402 g/mol. The van der Waals surface area contributed by atoms with Crippen LogP contribution >= 0.6 is 22.9 Å². The third-order valence-electron chi connectivity index (χ3n) is 4.12. The number of halogens is 1. The molecule has 3 aromatic rings. The summed E-state index contributed by atoms with van der Waals surface area (Å²) in [6, 6.07) is 9.58. The van der Waals surface area contributed by atoms with Crippen molar-refractivity contribution >= 4 is 39.7 Å². The van der Waals surface area contributed by atoms with Gasteiger partial charge in [-0.15, -0.1) is 11.3 Å². The number of aromatic nitrogens is 1. The molecule has 1 N–H and O–H groups in total. The SMILES string of the molecule is O=C(Nc1nc(-c2ccc3c(c2)CCO3)cs1)c1cc([N+](=O)[O-])ccc1Cl. The second-order valence-electron chi connectivity index (χ2n) is 5.83. The van der Waals surface area contributed by atoms with E-state index in [1.165, 1.54) is 23.5 Å². The Kier molecular flexibility index (Phi) is 4.51. The first-order valence-electron chi connectivity index (χ1n) is 7.98. The van der Waals surface area contributed by atoms with E-state index in [9.17, 15) is 14.9 Å². The molecular weight excluding hydrogens is 390 g/mol. The smallest absolute Gasteiger partial charge is 0.270 e. The number of benzene rings is 2. The van der Waals surface area contributed by atoms with Gasteiger partial charge >= 0.3 is 0 Å². The molecule has 0 aliphatic carbocycles. The highest BCUT2D eigenvalue weighted by Crippen LogP contribution is 2.32. The first-order chi connectivity index (χ1) is 13.0. The van der Waals surface area contributed by atoms with Crippen molar-refractivity contribution in [3.8, 4) is 17.0 Å². The van der Waals surface area contributed by atoms with Crippen LogP contribution in [0.3, 0.4) is 0 Å². The largest absolute Gasteiger partial charge is 0.493 e. The van der Waals surface area contributed by atoms with Crippen molar-refractivity contribution in [2.45, 2.75) is 6.42 Å². The Labute approximate surface area is 162 Å². The zero-order valence-electron chi connectivity index (χ0n) is 13.8. The van der Waals surface area contributed by atoms with Gasteiger partial charge in [-0.2, -0.15) is 0 Å². The zero-order chi connectivity index (χ0) is 19.0. The Morgan fingerprint density at radius 2 is 2.15 bits per heavy atom. The van der Waals surface area contributed by atoms with Crippen LogP contribution in [-0.2, 0) is 6.42 Å². The summed E-state index contributed by atoms with van der Waals surface area (Å²) in [6.07, 6.45) is 0.863. The molecule has 2 heterocycles. The summed E-state index contributed by atoms with van der Waals surface area (Å²) in [7, 11) is 0. The Morgan fingerprint density at radius 1 is 1.30 bits per heavy atom. The second kappa shape index (κ2) is 6.98. The van der Waals surface area contributed by atoms with Crippen molar-refractivity contribution < 1.29 is 14.5 Å². The molecule has 0 fully saturated rings. The van der Waals surface area contributed by atoms with Gasteiger partial charge in [-0.1, -0.05) is 11.6 Å². The summed E-state index contributed by atoms with van der Waals surface area (Å²) < 4.78 is 5.50. The highest BCUT2D eigenvalue weighted by molar-refractivity contribution is 7.14. The third kappa shape index (κ3) is 3.49. The van der Waals surface area contributed by atoms with Crippen molar-refractivity contribution in [3.63, 3.8) is 0 Å². The molecule has 7 nitrogen and oxygen atoms in total. The number of hydrogen-bond donors (Lipinski definition) is 1. The standard InChI is InChI=1S/C18H12ClN3O4S/c19-14-3-2-12(22(24)25)8-13(14)17(23)21-18-20-15(9-27-18)10-1-4-16-11(7-10)5-6-26-16/h1-4,7-9H,5-6H2,(H,20,21,23). The molecule has 1 aliphatic rings. The summed E-state index contributed by atoms with van der Waals surface area (Å²) >= 11 is 7.27. The van der Waals surface area contributed by atoms with Crippen molar-refractivity contribution in [1.82, 2.24) is 4.98 Å². The number of anilines is 1. The number of amides is 1. The van der Waals surface area contributed by atoms with Crippen LogP contribution in [0.25, 0.3) is 11.3 Å². The number of rotatable bonds is 4. The molecule has 4 rings (SSSR count). The average Bonchev–Trinajstić information content (AvgIpc) is 3.30. The van der Waals surface area contributed by atoms with Crippen LogP contribution in [0.1, 0.15) is 15.9 Å². The lowest BCUT2D eigenvalue weighted by Gasteiger charge is -2.04. The van der Waals surface area contributed by atoms with E-state index in [4.69, 9.17) is 16.3 Å². The van der Waals surface area contributed by atoms with Crippen LogP contribution in [0.4, 0.5) is 10.8 Å². The number of nitro groups is 1. The van der Waals surface area contributed by atoms with Crippen LogP contribution < -0.4 is 10.1 Å². The fraction of sp³-hybridized carbons (Fsp3) is 0.111. The predicted octanol–water partition coefficient (Wildman–Crippen LogP) is 4.56. The maximum absolute atomic E-state index is 12.4. The van der Waals surface area contributed by atoms with E-state index in [1.807, 2.05) is 23.6 Å². The summed E-state index contributed by atoms with van der Waals surface area (Å²) in [6.45, 7) is 0.682. The van der Waals surface area contributed by atoms with Gasteiger partial charge in [0.15, 0.2) is 5.13 Å². The number of nitrogens with one attached hydrogen (secondary N) is 1. The van der Waals surface area contributed by atoms with E-state index in [0.29, 0.717) is 11.7 Å². The van der Waals surface area contributed by atoms with Gasteiger partial charge in [0.1, 0.15) is 5.75 Å². The highest BCUT2D eigenvalue weighted by Gasteiger charge is 2.18. The number of carbonyl (C=O) groups excluding carboxylic acids is 1. The van der Waals surface area contributed by atoms with E-state index in [2.05, 4.69) is 10.3 Å². The van der Waals surface area contributed by atoms with E-state index in [1.54, 1.807) is 0 Å². The molecule has 1 aromatic heterocycles. The van der Waals surface area contributed by atoms with E-state index < -0.39 is 10.8 Å². The van der Waals surface area contributed by atoms with Crippen LogP contribution in [0.15, 0.2) is 41.8 Å². The first-order valence-corrected chi connectivity index (χ1v) is 9.24. The molecule has 1 amide bonds. The maximum Gasteiger partial charge on any atom is 0.270 e. The molecule has 2 aromatic carbocycles. The Morgan fingerprint density at radius 3 is 2.96 bits per heavy atom. The zero-order valence-corrected chi connectivity index (χ0v) is 15.3. The number of carbonyl (C=O) groups is 1. The number of hydrogen-bond acceptors (Lipinski definition) is 6. The van der Waals surface area contributed by atoms with Crippen LogP contribution in [0.2, 0.25) is 5.02 Å². The first kappa shape index (κ1) is 17.4. The monoisotopic (exact) mass is 401 g/mol. The van der Waals surface area contributed by atoms with Gasteiger partial charge < -0.3 is 4.74 Å². The van der Waals surface area contributed by atoms with Gasteiger partial charge in [0.25, 0.3) is 11.6 Å². The molecule has 0 bridgehead atoms. The van der Waals surface area contributed by atoms with Crippen molar-refractivity contribution in [2.24, 2.45) is 0 Å². The van der Waals surface area contributed by atoms with Crippen LogP contribution in [0.5, 0.6) is 5.75 Å². The van der Waals surface area contributed by atoms with Gasteiger partial charge in [0.2, 0.25) is 0 Å². The van der Waals surface area contributed by atoms with Crippen molar-refractivity contribution in [3.05, 3.63) is 68.0 Å². The summed E-state index contributed by atoms with van der Waals surface area (Å²) in [5.74, 6) is 0.342. The molecule has 27 heavy (non-hydrogen) atoms. The normalized spacial score (nSPS) is 12.3. The van der Waals surface area contributed by atoms with E-state index in [0.717, 1.165) is 35.1 Å². The topological polar surface area (TPSA) is 94.4 Å². The molecule has 0 saturated heterocycles. The number of fused-ring (bicyclic) bond motifs is 1. The van der Waals surface area contributed by atoms with Crippen LogP contribution in [0, 0.1) is 10.1 Å². The second-order valence-corrected chi connectivity index (χ2v) is 7.10. The van der Waals surface area contributed by atoms with Gasteiger partial charge in [0, 0.05) is 29.5 Å².